The van der Waals surface area contributed by atoms with Gasteiger partial charge in [0, 0.05) is 112 Å². The predicted octanol–water partition coefficient (Wildman–Crippen LogP) is 5.63. The number of rotatable bonds is 15. The molecule has 10 rings (SSSR count). The van der Waals surface area contributed by atoms with Crippen LogP contribution in [0, 0.1) is 17.2 Å². The molecule has 69 heavy (non-hydrogen) atoms. The van der Waals surface area contributed by atoms with Gasteiger partial charge in [0.05, 0.1) is 18.3 Å². The molecule has 4 aliphatic heterocycles. The van der Waals surface area contributed by atoms with Crippen molar-refractivity contribution in [3.63, 3.8) is 0 Å². The largest absolute Gasteiger partial charge is 0.495 e. The molecule has 17 nitrogen and oxygen atoms in total. The molecule has 0 bridgehead atoms. The molecule has 0 spiro atoms. The lowest BCUT2D eigenvalue weighted by atomic mass is 9.95. The number of piperazine rings is 1. The number of nitrogens with zero attached hydrogens (tertiary/aromatic N) is 6. The van der Waals surface area contributed by atoms with Gasteiger partial charge >= 0.3 is 0 Å². The molecule has 0 radical (unpaired) electrons. The molecular formula is C51H55FN10O7. The molecule has 358 valence electrons. The van der Waals surface area contributed by atoms with E-state index in [2.05, 4.69) is 47.0 Å². The summed E-state index contributed by atoms with van der Waals surface area (Å²) in [5.74, 6) is 1.02. The summed E-state index contributed by atoms with van der Waals surface area (Å²) in [6.45, 7) is 8.76. The molecule has 3 aromatic carbocycles. The average molecular weight is 939 g/mol. The van der Waals surface area contributed by atoms with Crippen LogP contribution in [0.2, 0.25) is 0 Å². The van der Waals surface area contributed by atoms with Gasteiger partial charge in [-0.05, 0) is 111 Å². The second-order valence-corrected chi connectivity index (χ2v) is 18.6. The number of amides is 5. The van der Waals surface area contributed by atoms with Crippen LogP contribution in [0.4, 0.5) is 27.3 Å². The molecule has 2 aromatic heterocycles. The number of hydrogen-bond acceptors (Lipinski definition) is 13. The molecule has 4 fully saturated rings. The third kappa shape index (κ3) is 9.90. The zero-order valence-electron chi connectivity index (χ0n) is 38.5. The summed E-state index contributed by atoms with van der Waals surface area (Å²) in [5, 5.41) is 12.1. The van der Waals surface area contributed by atoms with Crippen LogP contribution in [0.5, 0.6) is 17.2 Å². The number of nitrogens with one attached hydrogen (secondary N) is 4. The molecule has 4 N–H and O–H groups in total. The number of ether oxygens (including phenoxy) is 2. The predicted molar refractivity (Wildman–Crippen MR) is 257 cm³/mol. The van der Waals surface area contributed by atoms with Crippen molar-refractivity contribution in [1.82, 2.24) is 30.0 Å². The Balaban J connectivity index is 0.669. The van der Waals surface area contributed by atoms with Crippen LogP contribution in [-0.2, 0) is 25.7 Å². The van der Waals surface area contributed by atoms with Crippen molar-refractivity contribution in [3.05, 3.63) is 102 Å². The van der Waals surface area contributed by atoms with Gasteiger partial charge < -0.3 is 40.1 Å². The molecule has 3 saturated heterocycles. The first-order valence-corrected chi connectivity index (χ1v) is 23.7. The third-order valence-electron chi connectivity index (χ3n) is 14.1. The second-order valence-electron chi connectivity index (χ2n) is 18.6. The molecule has 5 amide bonds. The van der Waals surface area contributed by atoms with E-state index in [0.717, 1.165) is 93.1 Å². The monoisotopic (exact) mass is 938 g/mol. The summed E-state index contributed by atoms with van der Waals surface area (Å²) >= 11 is 0. The highest BCUT2D eigenvalue weighted by Gasteiger charge is 2.56. The lowest BCUT2D eigenvalue weighted by Crippen LogP contribution is -2.52. The molecule has 1 saturated carbocycles. The Morgan fingerprint density at radius 1 is 0.826 bits per heavy atom. The Morgan fingerprint density at radius 3 is 2.20 bits per heavy atom. The molecular weight excluding hydrogens is 884 g/mol. The van der Waals surface area contributed by atoms with Gasteiger partial charge in [-0.1, -0.05) is 0 Å². The highest BCUT2D eigenvalue weighted by atomic mass is 19.1. The van der Waals surface area contributed by atoms with Crippen molar-refractivity contribution >= 4 is 63.3 Å². The average Bonchev–Trinajstić information content (AvgIpc) is 4.12. The number of carbonyl (C=O) groups excluding carboxylic acids is 5. The number of benzene rings is 3. The van der Waals surface area contributed by atoms with Crippen LogP contribution in [0.3, 0.4) is 0 Å². The van der Waals surface area contributed by atoms with Crippen LogP contribution in [0.25, 0.3) is 10.9 Å². The second kappa shape index (κ2) is 19.4. The summed E-state index contributed by atoms with van der Waals surface area (Å²) in [4.78, 5) is 81.7. The Kier molecular flexibility index (Phi) is 12.8. The van der Waals surface area contributed by atoms with Gasteiger partial charge in [0.1, 0.15) is 40.3 Å². The SMILES string of the molecule is COc1cc2c(Oc3ccc(NC(=O)C4(C(=O)Nc5ccc(F)cc5)CC4)cc3)ccnc2cc1N1CCC(CN2CCN(CCNc3cc4c(cn3)CN(C3CCC(=O)NC3=O)C4=O)CC2)CC1. The number of pyridine rings is 2. The third-order valence-corrected chi connectivity index (χ3v) is 14.1. The van der Waals surface area contributed by atoms with E-state index >= 15 is 0 Å². The molecule has 5 aliphatic rings. The van der Waals surface area contributed by atoms with E-state index in [1.54, 1.807) is 54.7 Å². The fraction of sp³-hybridized carbons (Fsp3) is 0.392. The van der Waals surface area contributed by atoms with E-state index in [1.165, 1.54) is 24.3 Å². The number of methoxy groups -OCH3 is 1. The molecule has 1 atom stereocenters. The van der Waals surface area contributed by atoms with Gasteiger partial charge in [0.25, 0.3) is 5.91 Å². The maximum absolute atomic E-state index is 13.3. The van der Waals surface area contributed by atoms with Crippen LogP contribution in [-0.4, -0.2) is 126 Å². The van der Waals surface area contributed by atoms with Crippen molar-refractivity contribution in [2.24, 2.45) is 11.3 Å². The Morgan fingerprint density at radius 2 is 1.52 bits per heavy atom. The smallest absolute Gasteiger partial charge is 0.255 e. The van der Waals surface area contributed by atoms with E-state index in [0.29, 0.717) is 72.5 Å². The minimum absolute atomic E-state index is 0.203. The highest BCUT2D eigenvalue weighted by molar-refractivity contribution is 6.17. The Labute approximate surface area is 398 Å². The number of imide groups is 1. The van der Waals surface area contributed by atoms with E-state index in [9.17, 15) is 28.4 Å². The van der Waals surface area contributed by atoms with E-state index in [1.807, 2.05) is 12.1 Å². The lowest BCUT2D eigenvalue weighted by Gasteiger charge is -2.39. The lowest BCUT2D eigenvalue weighted by molar-refractivity contribution is -0.137. The summed E-state index contributed by atoms with van der Waals surface area (Å²) in [5.41, 5.74) is 2.92. The molecule has 1 unspecified atom stereocenters. The summed E-state index contributed by atoms with van der Waals surface area (Å²) in [6, 6.07) is 19.4. The highest BCUT2D eigenvalue weighted by Crippen LogP contribution is 2.48. The first-order chi connectivity index (χ1) is 33.5. The number of piperidine rings is 2. The first kappa shape index (κ1) is 45.6. The van der Waals surface area contributed by atoms with E-state index < -0.39 is 35.0 Å². The Bertz CT molecular complexity index is 2770. The molecule has 5 aromatic rings. The fourth-order valence-electron chi connectivity index (χ4n) is 9.89. The molecule has 1 aliphatic carbocycles. The number of anilines is 4. The van der Waals surface area contributed by atoms with Crippen LogP contribution in [0.15, 0.2) is 85.2 Å². The quantitative estimate of drug-likeness (QED) is 0.0747. The Hall–Kier alpha value is -7.18. The van der Waals surface area contributed by atoms with Crippen LogP contribution < -0.4 is 35.6 Å². The molecule has 18 heteroatoms. The van der Waals surface area contributed by atoms with Gasteiger partial charge in [0.15, 0.2) is 0 Å². The zero-order chi connectivity index (χ0) is 47.6. The number of carbonyl (C=O) groups is 5. The van der Waals surface area contributed by atoms with Gasteiger partial charge in [-0.2, -0.15) is 0 Å². The first-order valence-electron chi connectivity index (χ1n) is 23.7. The maximum atomic E-state index is 13.3. The number of hydrogen-bond donors (Lipinski definition) is 4. The topological polar surface area (TPSA) is 191 Å². The van der Waals surface area contributed by atoms with Crippen molar-refractivity contribution in [1.29, 1.82) is 0 Å². The minimum Gasteiger partial charge on any atom is -0.495 e. The van der Waals surface area contributed by atoms with Crippen LogP contribution in [0.1, 0.15) is 54.4 Å². The molecule has 6 heterocycles. The van der Waals surface area contributed by atoms with E-state index in [4.69, 9.17) is 14.5 Å². The number of aromatic nitrogens is 2. The number of fused-ring (bicyclic) bond motifs is 2. The van der Waals surface area contributed by atoms with Gasteiger partial charge in [-0.3, -0.25) is 39.2 Å². The summed E-state index contributed by atoms with van der Waals surface area (Å²) in [7, 11) is 1.68. The summed E-state index contributed by atoms with van der Waals surface area (Å²) in [6.07, 6.45) is 6.99. The minimum atomic E-state index is -1.17. The normalized spacial score (nSPS) is 19.5. The maximum Gasteiger partial charge on any atom is 0.255 e. The zero-order valence-corrected chi connectivity index (χ0v) is 38.5. The van der Waals surface area contributed by atoms with Gasteiger partial charge in [-0.25, -0.2) is 9.37 Å². The van der Waals surface area contributed by atoms with Gasteiger partial charge in [-0.15, -0.1) is 0 Å². The van der Waals surface area contributed by atoms with Crippen molar-refractivity contribution in [2.45, 2.75) is 51.1 Å². The summed E-state index contributed by atoms with van der Waals surface area (Å²) < 4.78 is 25.6. The fourth-order valence-corrected chi connectivity index (χ4v) is 9.89. The van der Waals surface area contributed by atoms with Crippen molar-refractivity contribution < 1.29 is 37.8 Å². The van der Waals surface area contributed by atoms with Crippen molar-refractivity contribution in [3.8, 4) is 17.2 Å². The van der Waals surface area contributed by atoms with E-state index in [-0.39, 0.29) is 18.2 Å². The standard InChI is InChI=1S/C51H55FN10O7/c1-68-44-26-39-40(53-17-12-43(39)69-37-8-6-36(7-9-37)57-50(67)51(15-16-51)49(66)56-35-4-2-34(52)3-5-35)28-42(44)61-19-13-32(14-20-61)30-60-24-22-59(23-25-60)21-18-54-45-27-38-33(29-55-45)31-62(48(38)65)41-10-11-46(63)58-47(41)64/h2-9,12,17,26-29,32,41H,10-11,13-16,18-25,30-31H2,1H3,(H,54,55)(H,56,66)(H,57,67)(H,58,63,64). The van der Waals surface area contributed by atoms with Gasteiger partial charge in [0.2, 0.25) is 23.6 Å². The van der Waals surface area contributed by atoms with Crippen LogP contribution >= 0.6 is 0 Å². The van der Waals surface area contributed by atoms with Crippen molar-refractivity contribution in [2.75, 3.05) is 86.9 Å². The number of halogens is 1.